The minimum atomic E-state index is 0.126. The van der Waals surface area contributed by atoms with Crippen LogP contribution < -0.4 is 10.6 Å². The molecule has 2 nitrogen and oxygen atoms in total. The number of rotatable bonds is 7. The van der Waals surface area contributed by atoms with Gasteiger partial charge in [-0.05, 0) is 43.1 Å². The Bertz CT molecular complexity index is 490. The molecular weight excluding hydrogens is 244 g/mol. The third kappa shape index (κ3) is 2.43. The van der Waals surface area contributed by atoms with Crippen LogP contribution in [0.5, 0.6) is 0 Å². The van der Waals surface area contributed by atoms with E-state index in [0.717, 1.165) is 32.5 Å². The number of fused-ring (bicyclic) bond motifs is 1. The lowest BCUT2D eigenvalue weighted by Gasteiger charge is -2.35. The maximum atomic E-state index is 3.59. The Morgan fingerprint density at radius 2 is 1.85 bits per heavy atom. The largest absolute Gasteiger partial charge is 0.318 e. The lowest BCUT2D eigenvalue weighted by molar-refractivity contribution is 0.439. The number of benzene rings is 1. The van der Waals surface area contributed by atoms with Crippen LogP contribution >= 0.6 is 0 Å². The molecule has 0 saturated heterocycles. The lowest BCUT2D eigenvalue weighted by atomic mass is 9.73. The molecule has 2 rings (SSSR count). The van der Waals surface area contributed by atoms with Gasteiger partial charge in [0, 0.05) is 18.5 Å². The maximum absolute atomic E-state index is 3.59. The highest BCUT2D eigenvalue weighted by Crippen LogP contribution is 2.44. The predicted octanol–water partition coefficient (Wildman–Crippen LogP) is 3.12. The molecule has 1 unspecified atom stereocenters. The first-order valence-corrected chi connectivity index (χ1v) is 7.92. The van der Waals surface area contributed by atoms with Crippen molar-refractivity contribution in [1.82, 2.24) is 10.6 Å². The molecule has 110 valence electrons. The molecule has 0 fully saturated rings. The van der Waals surface area contributed by atoms with Crippen LogP contribution in [0.3, 0.4) is 0 Å². The molecule has 1 aromatic rings. The van der Waals surface area contributed by atoms with Crippen molar-refractivity contribution in [2.75, 3.05) is 26.7 Å². The van der Waals surface area contributed by atoms with Crippen LogP contribution in [0.2, 0.25) is 0 Å². The van der Waals surface area contributed by atoms with E-state index in [1.807, 2.05) is 0 Å². The van der Waals surface area contributed by atoms with Crippen molar-refractivity contribution >= 4 is 6.08 Å². The number of nitrogens with one attached hydrogen (secondary N) is 2. The Balaban J connectivity index is 2.56. The number of aryl methyl sites for hydroxylation is 1. The molecule has 1 atom stereocenters. The van der Waals surface area contributed by atoms with Crippen molar-refractivity contribution in [2.24, 2.45) is 0 Å². The first kappa shape index (κ1) is 15.3. The average molecular weight is 272 g/mol. The van der Waals surface area contributed by atoms with E-state index >= 15 is 0 Å². The molecule has 0 bridgehead atoms. The van der Waals surface area contributed by atoms with Crippen LogP contribution in [0.15, 0.2) is 23.8 Å². The SMILES string of the molecule is CCNCC1(CNC)C(CC)=Cc2cccc(CC)c21. The molecule has 2 N–H and O–H groups in total. The summed E-state index contributed by atoms with van der Waals surface area (Å²) < 4.78 is 0. The summed E-state index contributed by atoms with van der Waals surface area (Å²) in [4.78, 5) is 0. The number of hydrogen-bond donors (Lipinski definition) is 2. The fourth-order valence-electron chi connectivity index (χ4n) is 3.65. The topological polar surface area (TPSA) is 24.1 Å². The Labute approximate surface area is 123 Å². The monoisotopic (exact) mass is 272 g/mol. The van der Waals surface area contributed by atoms with Crippen molar-refractivity contribution < 1.29 is 0 Å². The summed E-state index contributed by atoms with van der Waals surface area (Å²) in [5.74, 6) is 0. The van der Waals surface area contributed by atoms with Crippen LogP contribution in [-0.4, -0.2) is 26.7 Å². The van der Waals surface area contributed by atoms with E-state index in [-0.39, 0.29) is 5.41 Å². The van der Waals surface area contributed by atoms with Gasteiger partial charge in [-0.2, -0.15) is 0 Å². The first-order valence-electron chi connectivity index (χ1n) is 7.92. The molecule has 1 aliphatic rings. The van der Waals surface area contributed by atoms with Gasteiger partial charge < -0.3 is 10.6 Å². The van der Waals surface area contributed by atoms with E-state index in [0.29, 0.717) is 0 Å². The summed E-state index contributed by atoms with van der Waals surface area (Å²) in [5.41, 5.74) is 6.16. The molecular formula is C18H28N2. The van der Waals surface area contributed by atoms with E-state index in [4.69, 9.17) is 0 Å². The van der Waals surface area contributed by atoms with E-state index < -0.39 is 0 Å². The predicted molar refractivity (Wildman–Crippen MR) is 88.2 cm³/mol. The van der Waals surface area contributed by atoms with E-state index in [2.05, 4.69) is 62.7 Å². The molecule has 0 amide bonds. The Hall–Kier alpha value is -1.12. The standard InChI is InChI=1S/C18H28N2/c1-5-14-9-8-10-15-11-16(6-2)18(12-19-4,17(14)15)13-20-7-3/h8-11,19-20H,5-7,12-13H2,1-4H3. The summed E-state index contributed by atoms with van der Waals surface area (Å²) in [5, 5.41) is 7.03. The summed E-state index contributed by atoms with van der Waals surface area (Å²) in [6, 6.07) is 6.76. The van der Waals surface area contributed by atoms with Gasteiger partial charge in [-0.3, -0.25) is 0 Å². The summed E-state index contributed by atoms with van der Waals surface area (Å²) >= 11 is 0. The molecule has 0 radical (unpaired) electrons. The number of likely N-dealkylation sites (N-methyl/N-ethyl adjacent to an activating group) is 2. The van der Waals surface area contributed by atoms with E-state index in [1.165, 1.54) is 11.1 Å². The molecule has 0 saturated carbocycles. The van der Waals surface area contributed by atoms with Gasteiger partial charge in [-0.25, -0.2) is 0 Å². The van der Waals surface area contributed by atoms with Crippen molar-refractivity contribution in [3.63, 3.8) is 0 Å². The van der Waals surface area contributed by atoms with Crippen LogP contribution in [0.4, 0.5) is 0 Å². The minimum Gasteiger partial charge on any atom is -0.318 e. The second kappa shape index (κ2) is 6.55. The molecule has 2 heteroatoms. The third-order valence-corrected chi connectivity index (χ3v) is 4.52. The van der Waals surface area contributed by atoms with Gasteiger partial charge in [-0.15, -0.1) is 0 Å². The third-order valence-electron chi connectivity index (χ3n) is 4.52. The second-order valence-electron chi connectivity index (χ2n) is 5.65. The van der Waals surface area contributed by atoms with Gasteiger partial charge in [-0.1, -0.05) is 50.6 Å². The van der Waals surface area contributed by atoms with Gasteiger partial charge >= 0.3 is 0 Å². The quantitative estimate of drug-likeness (QED) is 0.797. The van der Waals surface area contributed by atoms with Crippen LogP contribution in [0.1, 0.15) is 43.9 Å². The molecule has 1 aliphatic carbocycles. The van der Waals surface area contributed by atoms with Crippen molar-refractivity contribution in [3.8, 4) is 0 Å². The zero-order valence-electron chi connectivity index (χ0n) is 13.3. The highest BCUT2D eigenvalue weighted by Gasteiger charge is 2.41. The summed E-state index contributed by atoms with van der Waals surface area (Å²) in [7, 11) is 2.06. The van der Waals surface area contributed by atoms with Crippen LogP contribution in [0, 0.1) is 0 Å². The summed E-state index contributed by atoms with van der Waals surface area (Å²) in [6.45, 7) is 9.77. The van der Waals surface area contributed by atoms with Gasteiger partial charge in [0.1, 0.15) is 0 Å². The Kier molecular flexibility index (Phi) is 5.00. The number of hydrogen-bond acceptors (Lipinski definition) is 2. The van der Waals surface area contributed by atoms with Gasteiger partial charge in [0.2, 0.25) is 0 Å². The molecule has 0 spiro atoms. The second-order valence-corrected chi connectivity index (χ2v) is 5.65. The fourth-order valence-corrected chi connectivity index (χ4v) is 3.65. The molecule has 0 aromatic heterocycles. The Morgan fingerprint density at radius 1 is 1.05 bits per heavy atom. The van der Waals surface area contributed by atoms with Crippen molar-refractivity contribution in [3.05, 3.63) is 40.5 Å². The smallest absolute Gasteiger partial charge is 0.0422 e. The zero-order valence-corrected chi connectivity index (χ0v) is 13.3. The van der Waals surface area contributed by atoms with Crippen molar-refractivity contribution in [1.29, 1.82) is 0 Å². The zero-order chi connectivity index (χ0) is 14.6. The van der Waals surface area contributed by atoms with E-state index in [1.54, 1.807) is 11.1 Å². The fraction of sp³-hybridized carbons (Fsp3) is 0.556. The van der Waals surface area contributed by atoms with E-state index in [9.17, 15) is 0 Å². The molecule has 1 aromatic carbocycles. The lowest BCUT2D eigenvalue weighted by Crippen LogP contribution is -2.46. The minimum absolute atomic E-state index is 0.126. The Morgan fingerprint density at radius 3 is 2.45 bits per heavy atom. The van der Waals surface area contributed by atoms with Gasteiger partial charge in [0.25, 0.3) is 0 Å². The van der Waals surface area contributed by atoms with Gasteiger partial charge in [0.15, 0.2) is 0 Å². The molecule has 0 heterocycles. The molecule has 20 heavy (non-hydrogen) atoms. The highest BCUT2D eigenvalue weighted by molar-refractivity contribution is 5.71. The van der Waals surface area contributed by atoms with Crippen LogP contribution in [0.25, 0.3) is 6.08 Å². The summed E-state index contributed by atoms with van der Waals surface area (Å²) in [6.07, 6.45) is 4.64. The normalized spacial score (nSPS) is 20.9. The first-order chi connectivity index (χ1) is 9.73. The maximum Gasteiger partial charge on any atom is 0.0422 e. The molecule has 0 aliphatic heterocycles. The van der Waals surface area contributed by atoms with Gasteiger partial charge in [0.05, 0.1) is 0 Å². The highest BCUT2D eigenvalue weighted by atomic mass is 14.9. The van der Waals surface area contributed by atoms with Crippen molar-refractivity contribution in [2.45, 2.75) is 39.0 Å². The average Bonchev–Trinajstić information content (AvgIpc) is 2.79. The van der Waals surface area contributed by atoms with Crippen LogP contribution in [-0.2, 0) is 11.8 Å².